The van der Waals surface area contributed by atoms with Crippen molar-refractivity contribution >= 4 is 0 Å². The summed E-state index contributed by atoms with van der Waals surface area (Å²) in [6.45, 7) is 5.97. The fourth-order valence-corrected chi connectivity index (χ4v) is 2.79. The maximum absolute atomic E-state index is 14.0. The molecule has 1 unspecified atom stereocenters. The molecule has 0 amide bonds. The second kappa shape index (κ2) is 7.60. The highest BCUT2D eigenvalue weighted by Crippen LogP contribution is 2.18. The molecule has 0 saturated carbocycles. The van der Waals surface area contributed by atoms with Gasteiger partial charge in [0.15, 0.2) is 0 Å². The first-order valence-corrected chi connectivity index (χ1v) is 7.51. The molecule has 0 radical (unpaired) electrons. The smallest absolute Gasteiger partial charge is 0.131 e. The third kappa shape index (κ3) is 4.18. The van der Waals surface area contributed by atoms with Crippen LogP contribution in [-0.2, 0) is 6.54 Å². The van der Waals surface area contributed by atoms with Gasteiger partial charge in [-0.1, -0.05) is 19.4 Å². The van der Waals surface area contributed by atoms with Crippen molar-refractivity contribution in [2.75, 3.05) is 26.7 Å². The van der Waals surface area contributed by atoms with Gasteiger partial charge in [0.25, 0.3) is 0 Å². The van der Waals surface area contributed by atoms with Gasteiger partial charge in [-0.25, -0.2) is 4.39 Å². The van der Waals surface area contributed by atoms with E-state index in [1.165, 1.54) is 18.9 Å². The van der Waals surface area contributed by atoms with Crippen LogP contribution in [0.2, 0.25) is 0 Å². The maximum atomic E-state index is 14.0. The van der Waals surface area contributed by atoms with Crippen LogP contribution in [0.15, 0.2) is 18.2 Å². The highest BCUT2D eigenvalue weighted by molar-refractivity contribution is 5.28. The van der Waals surface area contributed by atoms with Gasteiger partial charge in [-0.05, 0) is 32.0 Å². The van der Waals surface area contributed by atoms with E-state index in [9.17, 15) is 4.39 Å². The Morgan fingerprint density at radius 2 is 2.30 bits per heavy atom. The van der Waals surface area contributed by atoms with Gasteiger partial charge < -0.3 is 10.1 Å². The average Bonchev–Trinajstić information content (AvgIpc) is 2.67. The number of halogens is 1. The first-order chi connectivity index (χ1) is 9.72. The monoisotopic (exact) mass is 280 g/mol. The van der Waals surface area contributed by atoms with Crippen molar-refractivity contribution in [2.45, 2.75) is 38.8 Å². The number of hydrogen-bond donors (Lipinski definition) is 1. The summed E-state index contributed by atoms with van der Waals surface area (Å²) in [4.78, 5) is 2.35. The number of nitrogens with one attached hydrogen (secondary N) is 1. The van der Waals surface area contributed by atoms with Crippen LogP contribution in [0.4, 0.5) is 4.39 Å². The average molecular weight is 280 g/mol. The molecule has 1 aliphatic heterocycles. The lowest BCUT2D eigenvalue weighted by Crippen LogP contribution is -2.37. The van der Waals surface area contributed by atoms with Gasteiger partial charge >= 0.3 is 0 Å². The molecular formula is C16H25FN2O. The first-order valence-electron chi connectivity index (χ1n) is 7.51. The highest BCUT2D eigenvalue weighted by Gasteiger charge is 2.18. The van der Waals surface area contributed by atoms with Gasteiger partial charge in [0, 0.05) is 30.8 Å². The molecule has 1 atom stereocenters. The van der Waals surface area contributed by atoms with Crippen molar-refractivity contribution in [3.63, 3.8) is 0 Å². The van der Waals surface area contributed by atoms with Crippen LogP contribution in [0, 0.1) is 5.82 Å². The van der Waals surface area contributed by atoms with Gasteiger partial charge in [-0.3, -0.25) is 4.90 Å². The normalized spacial score (nSPS) is 20.6. The van der Waals surface area contributed by atoms with Crippen LogP contribution in [0.25, 0.3) is 0 Å². The van der Waals surface area contributed by atoms with Crippen LogP contribution in [0.5, 0.6) is 5.75 Å². The van der Waals surface area contributed by atoms with Crippen molar-refractivity contribution in [2.24, 2.45) is 0 Å². The van der Waals surface area contributed by atoms with E-state index >= 15 is 0 Å². The van der Waals surface area contributed by atoms with Crippen molar-refractivity contribution in [3.05, 3.63) is 29.6 Å². The molecule has 1 aromatic rings. The molecule has 0 aliphatic carbocycles. The van der Waals surface area contributed by atoms with Crippen molar-refractivity contribution < 1.29 is 9.13 Å². The number of rotatable bonds is 5. The summed E-state index contributed by atoms with van der Waals surface area (Å²) in [5.74, 6) is 0.404. The Hall–Kier alpha value is -1.13. The van der Waals surface area contributed by atoms with Crippen molar-refractivity contribution in [3.8, 4) is 5.75 Å². The van der Waals surface area contributed by atoms with Gasteiger partial charge in [-0.2, -0.15) is 0 Å². The minimum Gasteiger partial charge on any atom is -0.497 e. The SMILES string of the molecule is CCCC1CN(Cc2ccc(OC)cc2F)CCCN1. The molecule has 0 aromatic heterocycles. The number of hydrogen-bond acceptors (Lipinski definition) is 3. The minimum atomic E-state index is -0.173. The van der Waals surface area contributed by atoms with Crippen LogP contribution in [0.1, 0.15) is 31.7 Å². The third-order valence-corrected chi connectivity index (χ3v) is 3.85. The predicted octanol–water partition coefficient (Wildman–Crippen LogP) is 2.80. The number of methoxy groups -OCH3 is 1. The van der Waals surface area contributed by atoms with E-state index in [1.54, 1.807) is 7.11 Å². The molecule has 1 saturated heterocycles. The summed E-state index contributed by atoms with van der Waals surface area (Å²) in [5.41, 5.74) is 0.753. The van der Waals surface area contributed by atoms with Crippen LogP contribution < -0.4 is 10.1 Å². The third-order valence-electron chi connectivity index (χ3n) is 3.85. The molecule has 112 valence electrons. The summed E-state index contributed by atoms with van der Waals surface area (Å²) in [6.07, 6.45) is 3.49. The molecule has 2 rings (SSSR count). The van der Waals surface area contributed by atoms with E-state index in [4.69, 9.17) is 4.74 Å². The molecule has 4 heteroatoms. The molecular weight excluding hydrogens is 255 g/mol. The summed E-state index contributed by atoms with van der Waals surface area (Å²) >= 11 is 0. The lowest BCUT2D eigenvalue weighted by Gasteiger charge is -2.24. The molecule has 3 nitrogen and oxygen atoms in total. The van der Waals surface area contributed by atoms with E-state index in [1.807, 2.05) is 12.1 Å². The van der Waals surface area contributed by atoms with E-state index in [0.29, 0.717) is 18.3 Å². The molecule has 1 N–H and O–H groups in total. The minimum absolute atomic E-state index is 0.173. The summed E-state index contributed by atoms with van der Waals surface area (Å²) < 4.78 is 19.1. The summed E-state index contributed by atoms with van der Waals surface area (Å²) in [7, 11) is 1.56. The van der Waals surface area contributed by atoms with Crippen LogP contribution >= 0.6 is 0 Å². The summed E-state index contributed by atoms with van der Waals surface area (Å²) in [5, 5.41) is 3.58. The van der Waals surface area contributed by atoms with Gasteiger partial charge in [0.1, 0.15) is 11.6 Å². The van der Waals surface area contributed by atoms with E-state index in [-0.39, 0.29) is 5.82 Å². The van der Waals surface area contributed by atoms with Crippen molar-refractivity contribution in [1.82, 2.24) is 10.2 Å². The quantitative estimate of drug-likeness (QED) is 0.897. The maximum Gasteiger partial charge on any atom is 0.131 e. The van der Waals surface area contributed by atoms with E-state index in [2.05, 4.69) is 17.1 Å². The highest BCUT2D eigenvalue weighted by atomic mass is 19.1. The molecule has 1 aromatic carbocycles. The lowest BCUT2D eigenvalue weighted by molar-refractivity contribution is 0.251. The van der Waals surface area contributed by atoms with E-state index in [0.717, 1.165) is 31.6 Å². The Morgan fingerprint density at radius 3 is 3.00 bits per heavy atom. The molecule has 1 fully saturated rings. The second-order valence-electron chi connectivity index (χ2n) is 5.49. The number of benzene rings is 1. The molecule has 1 aliphatic rings. The standard InChI is InChI=1S/C16H25FN2O/c1-3-5-14-12-19(9-4-8-18-14)11-13-6-7-15(20-2)10-16(13)17/h6-7,10,14,18H,3-5,8-9,11-12H2,1-2H3. The Labute approximate surface area is 121 Å². The second-order valence-corrected chi connectivity index (χ2v) is 5.49. The zero-order valence-electron chi connectivity index (χ0n) is 12.5. The van der Waals surface area contributed by atoms with E-state index < -0.39 is 0 Å². The topological polar surface area (TPSA) is 24.5 Å². The molecule has 0 bridgehead atoms. The van der Waals surface area contributed by atoms with Crippen molar-refractivity contribution in [1.29, 1.82) is 0 Å². The number of nitrogens with zero attached hydrogens (tertiary/aromatic N) is 1. The Morgan fingerprint density at radius 1 is 1.45 bits per heavy atom. The Bertz CT molecular complexity index is 425. The largest absolute Gasteiger partial charge is 0.497 e. The molecule has 1 heterocycles. The molecule has 0 spiro atoms. The zero-order valence-corrected chi connectivity index (χ0v) is 12.5. The Kier molecular flexibility index (Phi) is 5.80. The Balaban J connectivity index is 2.00. The van der Waals surface area contributed by atoms with Crippen LogP contribution in [-0.4, -0.2) is 37.7 Å². The first kappa shape index (κ1) is 15.3. The predicted molar refractivity (Wildman–Crippen MR) is 79.5 cm³/mol. The van der Waals surface area contributed by atoms with Gasteiger partial charge in [0.05, 0.1) is 7.11 Å². The van der Waals surface area contributed by atoms with Gasteiger partial charge in [0.2, 0.25) is 0 Å². The lowest BCUT2D eigenvalue weighted by atomic mass is 10.1. The van der Waals surface area contributed by atoms with Gasteiger partial charge in [-0.15, -0.1) is 0 Å². The fourth-order valence-electron chi connectivity index (χ4n) is 2.79. The zero-order chi connectivity index (χ0) is 14.4. The summed E-state index contributed by atoms with van der Waals surface area (Å²) in [6, 6.07) is 5.66. The van der Waals surface area contributed by atoms with Crippen LogP contribution in [0.3, 0.4) is 0 Å². The number of ether oxygens (including phenoxy) is 1. The molecule has 20 heavy (non-hydrogen) atoms. The fraction of sp³-hybridized carbons (Fsp3) is 0.625.